The molecular formula is C25H32N2O5S. The first-order valence-electron chi connectivity index (χ1n) is 11.3. The number of sulfonamides is 1. The number of carbonyl (C=O) groups is 2. The third kappa shape index (κ3) is 5.55. The minimum absolute atomic E-state index is 0.0339. The number of benzene rings is 2. The van der Waals surface area contributed by atoms with Crippen LogP contribution in [0.5, 0.6) is 0 Å². The van der Waals surface area contributed by atoms with Gasteiger partial charge in [-0.3, -0.25) is 9.10 Å². The first-order valence-corrected chi connectivity index (χ1v) is 12.8. The molecule has 0 aliphatic carbocycles. The van der Waals surface area contributed by atoms with Gasteiger partial charge in [-0.1, -0.05) is 31.2 Å². The van der Waals surface area contributed by atoms with E-state index in [9.17, 15) is 18.0 Å². The van der Waals surface area contributed by atoms with Gasteiger partial charge in [0.15, 0.2) is 6.10 Å². The third-order valence-corrected chi connectivity index (χ3v) is 8.10. The number of esters is 1. The van der Waals surface area contributed by atoms with Crippen LogP contribution in [0.4, 0.5) is 5.69 Å². The van der Waals surface area contributed by atoms with Gasteiger partial charge in [0.2, 0.25) is 0 Å². The second kappa shape index (κ2) is 10.4. The largest absolute Gasteiger partial charge is 0.449 e. The van der Waals surface area contributed by atoms with Gasteiger partial charge in [0.25, 0.3) is 15.9 Å². The van der Waals surface area contributed by atoms with Crippen LogP contribution < -0.4 is 4.31 Å². The predicted octanol–water partition coefficient (Wildman–Crippen LogP) is 4.01. The lowest BCUT2D eigenvalue weighted by Gasteiger charge is -2.31. The fourth-order valence-corrected chi connectivity index (χ4v) is 5.70. The Morgan fingerprint density at radius 2 is 1.76 bits per heavy atom. The smallest absolute Gasteiger partial charge is 0.338 e. The standard InChI is InChI=1S/C25H32N2O5S/c1-5-27(22-9-7-6-8-10-22)33(30,31)23-17-21(12-11-19(23)3)25(29)32-20(4)24(28)26-15-13-18(2)14-16-26/h6-12,17-18,20H,5,13-16H2,1-4H3/t20-/m0/s1. The average Bonchev–Trinajstić information content (AvgIpc) is 2.80. The maximum absolute atomic E-state index is 13.4. The summed E-state index contributed by atoms with van der Waals surface area (Å²) in [7, 11) is -3.91. The Morgan fingerprint density at radius 1 is 1.12 bits per heavy atom. The van der Waals surface area contributed by atoms with Crippen LogP contribution in [0.3, 0.4) is 0 Å². The molecule has 0 radical (unpaired) electrons. The molecule has 2 aromatic carbocycles. The Labute approximate surface area is 196 Å². The lowest BCUT2D eigenvalue weighted by Crippen LogP contribution is -2.44. The van der Waals surface area contributed by atoms with Crippen LogP contribution in [0.15, 0.2) is 53.4 Å². The first-order chi connectivity index (χ1) is 15.6. The number of aryl methyl sites for hydroxylation is 1. The summed E-state index contributed by atoms with van der Waals surface area (Å²) < 4.78 is 33.6. The highest BCUT2D eigenvalue weighted by atomic mass is 32.2. The summed E-state index contributed by atoms with van der Waals surface area (Å²) in [4.78, 5) is 27.2. The second-order valence-corrected chi connectivity index (χ2v) is 10.4. The Balaban J connectivity index is 1.80. The molecule has 3 rings (SSSR count). The Hall–Kier alpha value is -2.87. The molecule has 1 aliphatic heterocycles. The van der Waals surface area contributed by atoms with Crippen LogP contribution in [-0.4, -0.2) is 50.9 Å². The van der Waals surface area contributed by atoms with Crippen LogP contribution >= 0.6 is 0 Å². The number of hydrogen-bond acceptors (Lipinski definition) is 5. The van der Waals surface area contributed by atoms with Crippen LogP contribution in [-0.2, 0) is 19.6 Å². The number of ether oxygens (including phenoxy) is 1. The second-order valence-electron chi connectivity index (χ2n) is 8.54. The van der Waals surface area contributed by atoms with Crippen molar-refractivity contribution < 1.29 is 22.7 Å². The highest BCUT2D eigenvalue weighted by Crippen LogP contribution is 2.27. The van der Waals surface area contributed by atoms with Crippen LogP contribution in [0.1, 0.15) is 49.5 Å². The number of likely N-dealkylation sites (tertiary alicyclic amines) is 1. The van der Waals surface area contributed by atoms with E-state index in [2.05, 4.69) is 6.92 Å². The van der Waals surface area contributed by atoms with E-state index >= 15 is 0 Å². The van der Waals surface area contributed by atoms with Crippen molar-refractivity contribution in [3.63, 3.8) is 0 Å². The van der Waals surface area contributed by atoms with Crippen molar-refractivity contribution in [2.45, 2.75) is 51.5 Å². The van der Waals surface area contributed by atoms with Crippen LogP contribution in [0.25, 0.3) is 0 Å². The number of amides is 1. The molecule has 1 heterocycles. The minimum atomic E-state index is -3.91. The predicted molar refractivity (Wildman–Crippen MR) is 128 cm³/mol. The average molecular weight is 473 g/mol. The van der Waals surface area contributed by atoms with Gasteiger partial charge in [0.05, 0.1) is 16.1 Å². The zero-order valence-electron chi connectivity index (χ0n) is 19.7. The number of anilines is 1. The summed E-state index contributed by atoms with van der Waals surface area (Å²) in [5.74, 6) is -0.365. The summed E-state index contributed by atoms with van der Waals surface area (Å²) in [6.07, 6.45) is 0.922. The van der Waals surface area contributed by atoms with Crippen molar-refractivity contribution in [3.8, 4) is 0 Å². The molecule has 1 amide bonds. The van der Waals surface area contributed by atoms with E-state index in [1.807, 2.05) is 6.07 Å². The number of piperidine rings is 1. The van der Waals surface area contributed by atoms with E-state index in [-0.39, 0.29) is 22.9 Å². The van der Waals surface area contributed by atoms with Gasteiger partial charge in [0.1, 0.15) is 0 Å². The summed E-state index contributed by atoms with van der Waals surface area (Å²) in [5, 5.41) is 0. The van der Waals surface area contributed by atoms with Crippen molar-refractivity contribution in [2.75, 3.05) is 23.9 Å². The molecule has 0 saturated carbocycles. The fourth-order valence-electron chi connectivity index (χ4n) is 3.97. The van der Waals surface area contributed by atoms with Crippen LogP contribution in [0, 0.1) is 12.8 Å². The number of nitrogens with zero attached hydrogens (tertiary/aromatic N) is 2. The molecule has 1 saturated heterocycles. The van der Waals surface area contributed by atoms with Crippen molar-refractivity contribution >= 4 is 27.6 Å². The quantitative estimate of drug-likeness (QED) is 0.569. The van der Waals surface area contributed by atoms with Crippen molar-refractivity contribution in [2.24, 2.45) is 5.92 Å². The Bertz CT molecular complexity index is 1090. The summed E-state index contributed by atoms with van der Waals surface area (Å²) in [5.41, 5.74) is 1.16. The third-order valence-electron chi connectivity index (χ3n) is 6.05. The Kier molecular flexibility index (Phi) is 7.79. The number of rotatable bonds is 7. The van der Waals surface area contributed by atoms with E-state index < -0.39 is 22.1 Å². The normalized spacial score (nSPS) is 15.7. The van der Waals surface area contributed by atoms with Gasteiger partial charge in [0, 0.05) is 19.6 Å². The maximum atomic E-state index is 13.4. The Morgan fingerprint density at radius 3 is 2.36 bits per heavy atom. The zero-order chi connectivity index (χ0) is 24.2. The number of carbonyl (C=O) groups excluding carboxylic acids is 2. The molecule has 1 aliphatic rings. The summed E-state index contributed by atoms with van der Waals surface area (Å²) in [6.45, 7) is 8.70. The monoisotopic (exact) mass is 472 g/mol. The van der Waals surface area contributed by atoms with E-state index in [0.29, 0.717) is 30.3 Å². The van der Waals surface area contributed by atoms with E-state index in [1.54, 1.807) is 56.0 Å². The van der Waals surface area contributed by atoms with Crippen molar-refractivity contribution in [1.82, 2.24) is 4.90 Å². The van der Waals surface area contributed by atoms with Gasteiger partial charge >= 0.3 is 5.97 Å². The zero-order valence-corrected chi connectivity index (χ0v) is 20.5. The highest BCUT2D eigenvalue weighted by molar-refractivity contribution is 7.92. The van der Waals surface area contributed by atoms with Gasteiger partial charge < -0.3 is 9.64 Å². The summed E-state index contributed by atoms with van der Waals surface area (Å²) >= 11 is 0. The van der Waals surface area contributed by atoms with Gasteiger partial charge in [-0.25, -0.2) is 13.2 Å². The molecule has 7 nitrogen and oxygen atoms in total. The van der Waals surface area contributed by atoms with Gasteiger partial charge in [-0.05, 0) is 69.4 Å². The lowest BCUT2D eigenvalue weighted by molar-refractivity contribution is -0.141. The number of hydrogen-bond donors (Lipinski definition) is 0. The van der Waals surface area contributed by atoms with Crippen LogP contribution in [0.2, 0.25) is 0 Å². The topological polar surface area (TPSA) is 84.0 Å². The van der Waals surface area contributed by atoms with E-state index in [1.165, 1.54) is 16.4 Å². The molecule has 0 bridgehead atoms. The molecule has 178 valence electrons. The number of para-hydroxylation sites is 1. The maximum Gasteiger partial charge on any atom is 0.338 e. The van der Waals surface area contributed by atoms with E-state index in [4.69, 9.17) is 4.74 Å². The molecular weight excluding hydrogens is 440 g/mol. The molecule has 0 unspecified atom stereocenters. The molecule has 2 aromatic rings. The summed E-state index contributed by atoms with van der Waals surface area (Å²) in [6, 6.07) is 13.3. The lowest BCUT2D eigenvalue weighted by atomic mass is 9.99. The molecule has 1 atom stereocenters. The van der Waals surface area contributed by atoms with Gasteiger partial charge in [-0.15, -0.1) is 0 Å². The molecule has 1 fully saturated rings. The molecule has 0 spiro atoms. The molecule has 8 heteroatoms. The molecule has 0 aromatic heterocycles. The first kappa shape index (κ1) is 24.8. The fraction of sp³-hybridized carbons (Fsp3) is 0.440. The van der Waals surface area contributed by atoms with E-state index in [0.717, 1.165) is 12.8 Å². The van der Waals surface area contributed by atoms with Crippen molar-refractivity contribution in [1.29, 1.82) is 0 Å². The highest BCUT2D eigenvalue weighted by Gasteiger charge is 2.29. The molecule has 0 N–H and O–H groups in total. The van der Waals surface area contributed by atoms with Crippen molar-refractivity contribution in [3.05, 3.63) is 59.7 Å². The molecule has 33 heavy (non-hydrogen) atoms. The SMILES string of the molecule is CCN(c1ccccc1)S(=O)(=O)c1cc(C(=O)O[C@@H](C)C(=O)N2CCC(C)CC2)ccc1C. The van der Waals surface area contributed by atoms with Gasteiger partial charge in [-0.2, -0.15) is 0 Å². The minimum Gasteiger partial charge on any atom is -0.449 e.